The van der Waals surface area contributed by atoms with Crippen molar-refractivity contribution in [1.82, 2.24) is 4.90 Å². The third-order valence-electron chi connectivity index (χ3n) is 5.41. The van der Waals surface area contributed by atoms with Crippen LogP contribution in [0.4, 0.5) is 17.1 Å². The molecule has 0 spiro atoms. The summed E-state index contributed by atoms with van der Waals surface area (Å²) < 4.78 is 0.824. The first kappa shape index (κ1) is 23.0. The number of anilines is 3. The summed E-state index contributed by atoms with van der Waals surface area (Å²) in [7, 11) is 0. The van der Waals surface area contributed by atoms with Crippen LogP contribution in [0.1, 0.15) is 62.7 Å². The normalized spacial score (nSPS) is 13.5. The second-order valence-electron chi connectivity index (χ2n) is 8.19. The quantitative estimate of drug-likeness (QED) is 0.501. The van der Waals surface area contributed by atoms with Gasteiger partial charge in [-0.1, -0.05) is 25.5 Å². The second kappa shape index (κ2) is 9.62. The Labute approximate surface area is 191 Å². The number of halogens is 1. The van der Waals surface area contributed by atoms with Crippen LogP contribution in [0.2, 0.25) is 0 Å². The molecule has 0 atom stereocenters. The topological polar surface area (TPSA) is 52.7 Å². The Morgan fingerprint density at radius 2 is 1.87 bits per heavy atom. The van der Waals surface area contributed by atoms with Crippen molar-refractivity contribution in [3.8, 4) is 0 Å². The first-order valence-electron chi connectivity index (χ1n) is 10.6. The number of amides is 2. The largest absolute Gasteiger partial charge is 0.320 e. The zero-order valence-electron chi connectivity index (χ0n) is 18.3. The fourth-order valence-corrected chi connectivity index (χ4v) is 5.92. The van der Waals surface area contributed by atoms with Crippen LogP contribution in [0.15, 0.2) is 28.1 Å². The molecule has 30 heavy (non-hydrogen) atoms. The highest BCUT2D eigenvalue weighted by Gasteiger charge is 2.35. The summed E-state index contributed by atoms with van der Waals surface area (Å²) >= 11 is 5.23. The summed E-state index contributed by atoms with van der Waals surface area (Å²) in [4.78, 5) is 31.8. The Morgan fingerprint density at radius 3 is 2.50 bits per heavy atom. The molecule has 1 N–H and O–H groups in total. The Kier molecular flexibility index (Phi) is 7.37. The van der Waals surface area contributed by atoms with E-state index in [0.29, 0.717) is 22.6 Å². The fourth-order valence-electron chi connectivity index (χ4n) is 3.91. The van der Waals surface area contributed by atoms with E-state index in [0.717, 1.165) is 27.9 Å². The molecule has 2 aromatic rings. The maximum absolute atomic E-state index is 13.7. The molecule has 0 fully saturated rings. The first-order valence-corrected chi connectivity index (χ1v) is 12.2. The van der Waals surface area contributed by atoms with Crippen molar-refractivity contribution in [2.24, 2.45) is 0 Å². The Balaban J connectivity index is 2.14. The molecule has 0 saturated carbocycles. The standard InChI is InChI=1S/C23H30BrN3O2S/c1-6-7-12-18-20-21(22(24)30-18)27(19(28)13-26(14(2)3)15(4)5)17-11-9-8-10-16(17)25-23(20)29/h8-11,14-15H,6-7,12-13H2,1-5H3,(H,25,29). The van der Waals surface area contributed by atoms with Gasteiger partial charge in [0.2, 0.25) is 5.91 Å². The smallest absolute Gasteiger partial charge is 0.259 e. The number of aryl methyl sites for hydroxylation is 1. The molecule has 0 bridgehead atoms. The number of hydrogen-bond donors (Lipinski definition) is 1. The van der Waals surface area contributed by atoms with Gasteiger partial charge in [-0.15, -0.1) is 11.3 Å². The van der Waals surface area contributed by atoms with Crippen molar-refractivity contribution < 1.29 is 9.59 Å². The van der Waals surface area contributed by atoms with Crippen LogP contribution in [0.3, 0.4) is 0 Å². The van der Waals surface area contributed by atoms with Gasteiger partial charge in [0.05, 0.1) is 33.0 Å². The fraction of sp³-hybridized carbons (Fsp3) is 0.478. The van der Waals surface area contributed by atoms with E-state index in [1.165, 1.54) is 0 Å². The molecular weight excluding hydrogens is 462 g/mol. The molecule has 0 saturated heterocycles. The number of hydrogen-bond acceptors (Lipinski definition) is 4. The molecule has 2 amide bonds. The maximum Gasteiger partial charge on any atom is 0.259 e. The molecular formula is C23H30BrN3O2S. The Morgan fingerprint density at radius 1 is 1.20 bits per heavy atom. The van der Waals surface area contributed by atoms with Gasteiger partial charge in [-0.05, 0) is 68.6 Å². The van der Waals surface area contributed by atoms with Gasteiger partial charge in [-0.3, -0.25) is 19.4 Å². The van der Waals surface area contributed by atoms with Gasteiger partial charge >= 0.3 is 0 Å². The summed E-state index contributed by atoms with van der Waals surface area (Å²) in [5.41, 5.74) is 2.66. The van der Waals surface area contributed by atoms with E-state index in [9.17, 15) is 9.59 Å². The zero-order valence-corrected chi connectivity index (χ0v) is 20.7. The number of nitrogens with one attached hydrogen (secondary N) is 1. The highest BCUT2D eigenvalue weighted by Crippen LogP contribution is 2.47. The SMILES string of the molecule is CCCCc1sc(Br)c2c1C(=O)Nc1ccccc1N2C(=O)CN(C(C)C)C(C)C. The lowest BCUT2D eigenvalue weighted by atomic mass is 10.1. The van der Waals surface area contributed by atoms with E-state index in [2.05, 4.69) is 60.8 Å². The van der Waals surface area contributed by atoms with Crippen molar-refractivity contribution >= 4 is 56.1 Å². The van der Waals surface area contributed by atoms with Gasteiger partial charge in [-0.25, -0.2) is 0 Å². The number of thiophene rings is 1. The lowest BCUT2D eigenvalue weighted by molar-refractivity contribution is -0.120. The number of para-hydroxylation sites is 2. The summed E-state index contributed by atoms with van der Waals surface area (Å²) in [6.07, 6.45) is 2.87. The minimum atomic E-state index is -0.148. The predicted molar refractivity (Wildman–Crippen MR) is 129 cm³/mol. The third kappa shape index (κ3) is 4.48. The summed E-state index contributed by atoms with van der Waals surface area (Å²) in [5, 5.41) is 3.03. The van der Waals surface area contributed by atoms with Crippen molar-refractivity contribution in [3.63, 3.8) is 0 Å². The highest BCUT2D eigenvalue weighted by molar-refractivity contribution is 9.11. The molecule has 2 heterocycles. The van der Waals surface area contributed by atoms with Crippen LogP contribution < -0.4 is 10.2 Å². The second-order valence-corrected chi connectivity index (χ2v) is 10.6. The van der Waals surface area contributed by atoms with E-state index in [1.54, 1.807) is 16.2 Å². The number of carbonyl (C=O) groups is 2. The van der Waals surface area contributed by atoms with Crippen molar-refractivity contribution in [2.75, 3.05) is 16.8 Å². The van der Waals surface area contributed by atoms with Crippen LogP contribution in [0, 0.1) is 0 Å². The molecule has 0 aliphatic carbocycles. The van der Waals surface area contributed by atoms with Crippen LogP contribution in [-0.4, -0.2) is 35.3 Å². The number of unbranched alkanes of at least 4 members (excludes halogenated alkanes) is 1. The van der Waals surface area contributed by atoms with Crippen molar-refractivity contribution in [1.29, 1.82) is 0 Å². The van der Waals surface area contributed by atoms with Crippen LogP contribution in [0.5, 0.6) is 0 Å². The third-order valence-corrected chi connectivity index (χ3v) is 7.30. The molecule has 162 valence electrons. The summed E-state index contributed by atoms with van der Waals surface area (Å²) in [6, 6.07) is 8.00. The number of fused-ring (bicyclic) bond motifs is 2. The van der Waals surface area contributed by atoms with Gasteiger partial charge < -0.3 is 5.32 Å². The summed E-state index contributed by atoms with van der Waals surface area (Å²) in [5.74, 6) is -0.187. The van der Waals surface area contributed by atoms with E-state index in [-0.39, 0.29) is 30.4 Å². The first-order chi connectivity index (χ1) is 14.3. The number of benzene rings is 1. The molecule has 3 rings (SSSR count). The van der Waals surface area contributed by atoms with Crippen molar-refractivity contribution in [3.05, 3.63) is 38.5 Å². The van der Waals surface area contributed by atoms with Gasteiger partial charge in [0.1, 0.15) is 0 Å². The zero-order chi connectivity index (χ0) is 22.0. The molecule has 0 radical (unpaired) electrons. The summed E-state index contributed by atoms with van der Waals surface area (Å²) in [6.45, 7) is 10.8. The Bertz CT molecular complexity index is 931. The minimum Gasteiger partial charge on any atom is -0.320 e. The highest BCUT2D eigenvalue weighted by atomic mass is 79.9. The molecule has 5 nitrogen and oxygen atoms in total. The molecule has 1 aromatic heterocycles. The van der Waals surface area contributed by atoms with Crippen LogP contribution in [0.25, 0.3) is 0 Å². The van der Waals surface area contributed by atoms with E-state index >= 15 is 0 Å². The van der Waals surface area contributed by atoms with E-state index in [4.69, 9.17) is 0 Å². The molecule has 7 heteroatoms. The average Bonchev–Trinajstić information content (AvgIpc) is 2.93. The number of nitrogens with zero attached hydrogens (tertiary/aromatic N) is 2. The lowest BCUT2D eigenvalue weighted by Crippen LogP contribution is -2.45. The maximum atomic E-state index is 13.7. The molecule has 1 aliphatic rings. The van der Waals surface area contributed by atoms with Crippen LogP contribution >= 0.6 is 27.3 Å². The molecule has 0 unspecified atom stereocenters. The Hall–Kier alpha value is -1.70. The monoisotopic (exact) mass is 491 g/mol. The van der Waals surface area contributed by atoms with Gasteiger partial charge in [0, 0.05) is 17.0 Å². The van der Waals surface area contributed by atoms with Crippen LogP contribution in [-0.2, 0) is 11.2 Å². The molecule has 1 aromatic carbocycles. The minimum absolute atomic E-state index is 0.0388. The predicted octanol–water partition coefficient (Wildman–Crippen LogP) is 6.20. The number of rotatable bonds is 7. The lowest BCUT2D eigenvalue weighted by Gasteiger charge is -2.32. The van der Waals surface area contributed by atoms with E-state index in [1.807, 2.05) is 24.3 Å². The van der Waals surface area contributed by atoms with E-state index < -0.39 is 0 Å². The number of carbonyl (C=O) groups excluding carboxylic acids is 2. The average molecular weight is 492 g/mol. The van der Waals surface area contributed by atoms with Gasteiger partial charge in [0.25, 0.3) is 5.91 Å². The van der Waals surface area contributed by atoms with Crippen molar-refractivity contribution in [2.45, 2.75) is 66.0 Å². The molecule has 1 aliphatic heterocycles. The van der Waals surface area contributed by atoms with Gasteiger partial charge in [-0.2, -0.15) is 0 Å². The van der Waals surface area contributed by atoms with Gasteiger partial charge in [0.15, 0.2) is 0 Å².